The van der Waals surface area contributed by atoms with Gasteiger partial charge in [-0.1, -0.05) is 44.5 Å². The molecule has 20 heavy (non-hydrogen) atoms. The second-order valence-corrected chi connectivity index (χ2v) is 5.13. The van der Waals surface area contributed by atoms with Crippen molar-refractivity contribution in [2.24, 2.45) is 10.7 Å². The molecule has 0 amide bonds. The molecule has 3 N–H and O–H groups in total. The molecule has 0 spiro atoms. The Balaban J connectivity index is 2.51. The van der Waals surface area contributed by atoms with Gasteiger partial charge in [0.15, 0.2) is 5.96 Å². The van der Waals surface area contributed by atoms with Crippen LogP contribution in [0.15, 0.2) is 29.3 Å². The van der Waals surface area contributed by atoms with E-state index in [4.69, 9.17) is 5.73 Å². The molecule has 0 aliphatic rings. The third-order valence-corrected chi connectivity index (χ3v) is 3.25. The SMILES string of the molecule is CCCCNC(N)=NCc1cccc(CN(C)CC)c1. The number of unbranched alkanes of at least 4 members (excludes halogenated alkanes) is 1. The Morgan fingerprint density at radius 3 is 2.75 bits per heavy atom. The molecule has 0 aliphatic carbocycles. The van der Waals surface area contributed by atoms with E-state index in [-0.39, 0.29) is 0 Å². The second-order valence-electron chi connectivity index (χ2n) is 5.13. The van der Waals surface area contributed by atoms with Crippen LogP contribution in [0.25, 0.3) is 0 Å². The van der Waals surface area contributed by atoms with Crippen LogP contribution in [0.4, 0.5) is 0 Å². The van der Waals surface area contributed by atoms with E-state index in [1.807, 2.05) is 0 Å². The fraction of sp³-hybridized carbons (Fsp3) is 0.562. The summed E-state index contributed by atoms with van der Waals surface area (Å²) in [7, 11) is 2.13. The lowest BCUT2D eigenvalue weighted by Gasteiger charge is -2.14. The van der Waals surface area contributed by atoms with Crippen molar-refractivity contribution in [1.82, 2.24) is 10.2 Å². The van der Waals surface area contributed by atoms with Gasteiger partial charge in [-0.2, -0.15) is 0 Å². The summed E-state index contributed by atoms with van der Waals surface area (Å²) in [5.74, 6) is 0.537. The van der Waals surface area contributed by atoms with Crippen molar-refractivity contribution in [2.75, 3.05) is 20.1 Å². The van der Waals surface area contributed by atoms with Gasteiger partial charge in [0.25, 0.3) is 0 Å². The van der Waals surface area contributed by atoms with Gasteiger partial charge >= 0.3 is 0 Å². The van der Waals surface area contributed by atoms with Crippen LogP contribution in [-0.2, 0) is 13.1 Å². The molecule has 0 aromatic heterocycles. The molecular weight excluding hydrogens is 248 g/mol. The minimum absolute atomic E-state index is 0.537. The maximum Gasteiger partial charge on any atom is 0.188 e. The van der Waals surface area contributed by atoms with Gasteiger partial charge in [-0.25, -0.2) is 4.99 Å². The molecule has 1 aromatic carbocycles. The molecule has 0 atom stereocenters. The average molecular weight is 276 g/mol. The van der Waals surface area contributed by atoms with Crippen molar-refractivity contribution in [3.8, 4) is 0 Å². The van der Waals surface area contributed by atoms with Gasteiger partial charge in [-0.15, -0.1) is 0 Å². The van der Waals surface area contributed by atoms with Gasteiger partial charge in [-0.05, 0) is 31.1 Å². The number of rotatable bonds is 8. The second kappa shape index (κ2) is 9.37. The van der Waals surface area contributed by atoms with Crippen LogP contribution in [0, 0.1) is 0 Å². The highest BCUT2D eigenvalue weighted by Crippen LogP contribution is 2.08. The molecule has 0 saturated carbocycles. The number of hydrogen-bond acceptors (Lipinski definition) is 2. The monoisotopic (exact) mass is 276 g/mol. The molecule has 0 radical (unpaired) electrons. The Labute approximate surface area is 123 Å². The maximum absolute atomic E-state index is 5.83. The van der Waals surface area contributed by atoms with Gasteiger partial charge in [-0.3, -0.25) is 0 Å². The van der Waals surface area contributed by atoms with Gasteiger partial charge in [0.1, 0.15) is 0 Å². The summed E-state index contributed by atoms with van der Waals surface area (Å²) in [4.78, 5) is 6.66. The summed E-state index contributed by atoms with van der Waals surface area (Å²) in [6, 6.07) is 8.54. The normalized spacial score (nSPS) is 11.9. The minimum atomic E-state index is 0.537. The molecule has 1 aromatic rings. The van der Waals surface area contributed by atoms with E-state index in [1.165, 1.54) is 11.1 Å². The lowest BCUT2D eigenvalue weighted by Crippen LogP contribution is -2.32. The topological polar surface area (TPSA) is 53.6 Å². The van der Waals surface area contributed by atoms with Gasteiger partial charge in [0.2, 0.25) is 0 Å². The molecule has 1 rings (SSSR count). The summed E-state index contributed by atoms with van der Waals surface area (Å²) >= 11 is 0. The zero-order chi connectivity index (χ0) is 14.8. The molecule has 112 valence electrons. The highest BCUT2D eigenvalue weighted by Gasteiger charge is 1.99. The van der Waals surface area contributed by atoms with Crippen LogP contribution in [0.3, 0.4) is 0 Å². The fourth-order valence-corrected chi connectivity index (χ4v) is 1.88. The van der Waals surface area contributed by atoms with Crippen molar-refractivity contribution >= 4 is 5.96 Å². The average Bonchev–Trinajstić information content (AvgIpc) is 2.45. The van der Waals surface area contributed by atoms with E-state index in [1.54, 1.807) is 0 Å². The van der Waals surface area contributed by atoms with Crippen molar-refractivity contribution < 1.29 is 0 Å². The largest absolute Gasteiger partial charge is 0.370 e. The molecule has 0 fully saturated rings. The molecule has 0 heterocycles. The van der Waals surface area contributed by atoms with Crippen molar-refractivity contribution in [2.45, 2.75) is 39.8 Å². The summed E-state index contributed by atoms with van der Waals surface area (Å²) in [5, 5.41) is 3.13. The van der Waals surface area contributed by atoms with E-state index in [2.05, 4.69) is 60.4 Å². The van der Waals surface area contributed by atoms with E-state index in [0.717, 1.165) is 32.5 Å². The lowest BCUT2D eigenvalue weighted by molar-refractivity contribution is 0.345. The molecule has 0 saturated heterocycles. The van der Waals surface area contributed by atoms with E-state index >= 15 is 0 Å². The van der Waals surface area contributed by atoms with Crippen LogP contribution < -0.4 is 11.1 Å². The Bertz CT molecular complexity index is 415. The zero-order valence-corrected chi connectivity index (χ0v) is 13.0. The number of guanidine groups is 1. The number of aliphatic imine (C=N–C) groups is 1. The van der Waals surface area contributed by atoms with Crippen LogP contribution in [0.5, 0.6) is 0 Å². The first-order valence-corrected chi connectivity index (χ1v) is 7.45. The zero-order valence-electron chi connectivity index (χ0n) is 13.0. The van der Waals surface area contributed by atoms with Crippen LogP contribution in [0.1, 0.15) is 37.8 Å². The highest BCUT2D eigenvalue weighted by molar-refractivity contribution is 5.77. The Kier molecular flexibility index (Phi) is 7.73. The third-order valence-electron chi connectivity index (χ3n) is 3.25. The summed E-state index contributed by atoms with van der Waals surface area (Å²) in [6.45, 7) is 7.88. The first kappa shape index (κ1) is 16.5. The van der Waals surface area contributed by atoms with E-state index in [0.29, 0.717) is 12.5 Å². The maximum atomic E-state index is 5.83. The quantitative estimate of drug-likeness (QED) is 0.435. The Morgan fingerprint density at radius 1 is 1.30 bits per heavy atom. The van der Waals surface area contributed by atoms with Crippen molar-refractivity contribution in [3.05, 3.63) is 35.4 Å². The molecular formula is C16H28N4. The number of benzene rings is 1. The number of nitrogens with zero attached hydrogens (tertiary/aromatic N) is 2. The smallest absolute Gasteiger partial charge is 0.188 e. The van der Waals surface area contributed by atoms with Gasteiger partial charge in [0.05, 0.1) is 6.54 Å². The molecule has 0 unspecified atom stereocenters. The standard InChI is InChI=1S/C16H28N4/c1-4-6-10-18-16(17)19-12-14-8-7-9-15(11-14)13-20(3)5-2/h7-9,11H,4-6,10,12-13H2,1-3H3,(H3,17,18,19). The number of nitrogens with two attached hydrogens (primary N) is 1. The highest BCUT2D eigenvalue weighted by atomic mass is 15.1. The Hall–Kier alpha value is -1.55. The van der Waals surface area contributed by atoms with Gasteiger partial charge in [0, 0.05) is 13.1 Å². The first-order chi connectivity index (χ1) is 9.65. The molecule has 0 aliphatic heterocycles. The van der Waals surface area contributed by atoms with Gasteiger partial charge < -0.3 is 16.0 Å². The molecule has 4 heteroatoms. The first-order valence-electron chi connectivity index (χ1n) is 7.45. The predicted octanol–water partition coefficient (Wildman–Crippen LogP) is 2.34. The number of nitrogens with one attached hydrogen (secondary N) is 1. The molecule has 0 bridgehead atoms. The Morgan fingerprint density at radius 2 is 2.05 bits per heavy atom. The third kappa shape index (κ3) is 6.57. The van der Waals surface area contributed by atoms with E-state index in [9.17, 15) is 0 Å². The summed E-state index contributed by atoms with van der Waals surface area (Å²) in [5.41, 5.74) is 8.35. The minimum Gasteiger partial charge on any atom is -0.370 e. The van der Waals surface area contributed by atoms with Crippen LogP contribution in [0.2, 0.25) is 0 Å². The van der Waals surface area contributed by atoms with Crippen LogP contribution >= 0.6 is 0 Å². The molecule has 4 nitrogen and oxygen atoms in total. The fourth-order valence-electron chi connectivity index (χ4n) is 1.88. The summed E-state index contributed by atoms with van der Waals surface area (Å²) < 4.78 is 0. The lowest BCUT2D eigenvalue weighted by atomic mass is 10.1. The van der Waals surface area contributed by atoms with Crippen molar-refractivity contribution in [1.29, 1.82) is 0 Å². The van der Waals surface area contributed by atoms with Crippen LogP contribution in [-0.4, -0.2) is 31.0 Å². The number of hydrogen-bond donors (Lipinski definition) is 2. The summed E-state index contributed by atoms with van der Waals surface area (Å²) in [6.07, 6.45) is 2.28. The predicted molar refractivity (Wildman–Crippen MR) is 86.7 cm³/mol. The van der Waals surface area contributed by atoms with E-state index < -0.39 is 0 Å². The van der Waals surface area contributed by atoms with Crippen molar-refractivity contribution in [3.63, 3.8) is 0 Å².